The summed E-state index contributed by atoms with van der Waals surface area (Å²) in [7, 11) is 3.30. The highest BCUT2D eigenvalue weighted by Gasteiger charge is 2.42. The summed E-state index contributed by atoms with van der Waals surface area (Å²) < 4.78 is 1.59. The van der Waals surface area contributed by atoms with E-state index in [9.17, 15) is 9.59 Å². The Balaban J connectivity index is 2.23. The van der Waals surface area contributed by atoms with Crippen molar-refractivity contribution >= 4 is 11.9 Å². The maximum Gasteiger partial charge on any atom is 0.305 e. The summed E-state index contributed by atoms with van der Waals surface area (Å²) in [5.41, 5.74) is -0.215. The fourth-order valence-corrected chi connectivity index (χ4v) is 1.99. The van der Waals surface area contributed by atoms with Gasteiger partial charge in [-0.2, -0.15) is 5.10 Å². The summed E-state index contributed by atoms with van der Waals surface area (Å²) in [5.74, 6) is -1.06. The van der Waals surface area contributed by atoms with Gasteiger partial charge >= 0.3 is 5.97 Å². The monoisotopic (exact) mass is 252 g/mol. The minimum atomic E-state index is -0.868. The largest absolute Gasteiger partial charge is 0.481 e. The molecule has 0 aromatic carbocycles. The third-order valence-electron chi connectivity index (χ3n) is 3.09. The van der Waals surface area contributed by atoms with Crippen LogP contribution in [0.4, 0.5) is 0 Å². The lowest BCUT2D eigenvalue weighted by atomic mass is 9.89. The highest BCUT2D eigenvalue weighted by Crippen LogP contribution is 2.25. The molecule has 7 heteroatoms. The number of carboxylic acids is 1. The summed E-state index contributed by atoms with van der Waals surface area (Å²) in [6, 6.07) is 1.62. The Kier molecular flexibility index (Phi) is 3.08. The van der Waals surface area contributed by atoms with E-state index in [0.29, 0.717) is 18.8 Å². The van der Waals surface area contributed by atoms with Crippen molar-refractivity contribution in [1.29, 1.82) is 0 Å². The lowest BCUT2D eigenvalue weighted by Crippen LogP contribution is -2.61. The smallest absolute Gasteiger partial charge is 0.305 e. The van der Waals surface area contributed by atoms with Crippen molar-refractivity contribution in [3.05, 3.63) is 18.0 Å². The molecule has 1 aliphatic rings. The van der Waals surface area contributed by atoms with Crippen LogP contribution >= 0.6 is 0 Å². The van der Waals surface area contributed by atoms with Crippen molar-refractivity contribution in [1.82, 2.24) is 20.0 Å². The van der Waals surface area contributed by atoms with Crippen LogP contribution in [0.25, 0.3) is 0 Å². The van der Waals surface area contributed by atoms with E-state index in [0.717, 1.165) is 0 Å². The van der Waals surface area contributed by atoms with Crippen molar-refractivity contribution in [2.75, 3.05) is 27.2 Å². The molecule has 2 rings (SSSR count). The number of carboxylic acid groups (broad SMARTS) is 1. The molecule has 1 fully saturated rings. The first-order valence-electron chi connectivity index (χ1n) is 5.65. The maximum absolute atomic E-state index is 11.7. The minimum absolute atomic E-state index is 0.00270. The fraction of sp³-hybridized carbons (Fsp3) is 0.545. The van der Waals surface area contributed by atoms with Crippen LogP contribution in [0.1, 0.15) is 16.9 Å². The van der Waals surface area contributed by atoms with Gasteiger partial charge in [0, 0.05) is 33.4 Å². The third-order valence-corrected chi connectivity index (χ3v) is 3.09. The Morgan fingerprint density at radius 2 is 2.22 bits per heavy atom. The van der Waals surface area contributed by atoms with E-state index in [4.69, 9.17) is 5.11 Å². The van der Waals surface area contributed by atoms with Gasteiger partial charge in [0.2, 0.25) is 0 Å². The molecule has 1 saturated heterocycles. The van der Waals surface area contributed by atoms with Gasteiger partial charge in [-0.05, 0) is 6.07 Å². The van der Waals surface area contributed by atoms with Gasteiger partial charge in [0.15, 0.2) is 0 Å². The highest BCUT2D eigenvalue weighted by molar-refractivity contribution is 5.91. The van der Waals surface area contributed by atoms with Crippen molar-refractivity contribution in [3.63, 3.8) is 0 Å². The predicted molar refractivity (Wildman–Crippen MR) is 63.3 cm³/mol. The average Bonchev–Trinajstić information content (AvgIpc) is 2.71. The van der Waals surface area contributed by atoms with Crippen LogP contribution in [-0.4, -0.2) is 58.8 Å². The van der Waals surface area contributed by atoms with E-state index in [1.165, 1.54) is 4.90 Å². The number of hydrogen-bond acceptors (Lipinski definition) is 4. The van der Waals surface area contributed by atoms with E-state index in [1.54, 1.807) is 31.0 Å². The molecular formula is C11H16N4O3. The summed E-state index contributed by atoms with van der Waals surface area (Å²) in [5, 5.41) is 16.2. The third kappa shape index (κ3) is 2.08. The van der Waals surface area contributed by atoms with Crippen LogP contribution in [0.15, 0.2) is 12.3 Å². The molecule has 0 radical (unpaired) electrons. The van der Waals surface area contributed by atoms with Gasteiger partial charge in [-0.15, -0.1) is 0 Å². The molecule has 1 aromatic heterocycles. The SMILES string of the molecule is CN(C)C(=O)c1ccn(C2(CC(=O)O)CNC2)n1. The lowest BCUT2D eigenvalue weighted by Gasteiger charge is -2.41. The number of nitrogens with zero attached hydrogens (tertiary/aromatic N) is 3. The van der Waals surface area contributed by atoms with E-state index < -0.39 is 11.5 Å². The summed E-state index contributed by atoms with van der Waals surface area (Å²) >= 11 is 0. The molecule has 0 saturated carbocycles. The van der Waals surface area contributed by atoms with Crippen LogP contribution in [0.2, 0.25) is 0 Å². The molecule has 0 spiro atoms. The van der Waals surface area contributed by atoms with E-state index in [2.05, 4.69) is 10.4 Å². The Labute approximate surface area is 104 Å². The zero-order valence-corrected chi connectivity index (χ0v) is 10.4. The predicted octanol–water partition coefficient (Wildman–Crippen LogP) is -0.642. The number of aliphatic carboxylic acids is 1. The second-order valence-electron chi connectivity index (χ2n) is 4.74. The van der Waals surface area contributed by atoms with Crippen LogP contribution in [-0.2, 0) is 10.3 Å². The van der Waals surface area contributed by atoms with Gasteiger partial charge in [-0.25, -0.2) is 0 Å². The Hall–Kier alpha value is -1.89. The molecule has 1 aromatic rings. The first-order chi connectivity index (χ1) is 8.44. The molecule has 0 aliphatic carbocycles. The maximum atomic E-state index is 11.7. The van der Waals surface area contributed by atoms with E-state index >= 15 is 0 Å². The van der Waals surface area contributed by atoms with Crippen LogP contribution < -0.4 is 5.32 Å². The molecule has 2 N–H and O–H groups in total. The van der Waals surface area contributed by atoms with Crippen molar-refractivity contribution in [2.24, 2.45) is 0 Å². The first kappa shape index (κ1) is 12.6. The second kappa shape index (κ2) is 4.41. The average molecular weight is 252 g/mol. The minimum Gasteiger partial charge on any atom is -0.481 e. The molecule has 98 valence electrons. The van der Waals surface area contributed by atoms with Gasteiger partial charge < -0.3 is 15.3 Å². The molecule has 1 aliphatic heterocycles. The van der Waals surface area contributed by atoms with Gasteiger partial charge in [0.25, 0.3) is 5.91 Å². The molecule has 18 heavy (non-hydrogen) atoms. The topological polar surface area (TPSA) is 87.5 Å². The van der Waals surface area contributed by atoms with Gasteiger partial charge in [-0.1, -0.05) is 0 Å². The molecule has 0 atom stereocenters. The molecule has 2 heterocycles. The highest BCUT2D eigenvalue weighted by atomic mass is 16.4. The number of nitrogens with one attached hydrogen (secondary N) is 1. The Morgan fingerprint density at radius 1 is 1.56 bits per heavy atom. The van der Waals surface area contributed by atoms with Crippen molar-refractivity contribution < 1.29 is 14.7 Å². The Morgan fingerprint density at radius 3 is 2.67 bits per heavy atom. The van der Waals surface area contributed by atoms with Gasteiger partial charge in [0.1, 0.15) is 5.69 Å². The lowest BCUT2D eigenvalue weighted by molar-refractivity contribution is -0.140. The zero-order valence-electron chi connectivity index (χ0n) is 10.4. The zero-order chi connectivity index (χ0) is 13.3. The molecule has 0 unspecified atom stereocenters. The van der Waals surface area contributed by atoms with Crippen LogP contribution in [0.3, 0.4) is 0 Å². The van der Waals surface area contributed by atoms with Gasteiger partial charge in [0.05, 0.1) is 12.0 Å². The quantitative estimate of drug-likeness (QED) is 0.744. The van der Waals surface area contributed by atoms with Crippen molar-refractivity contribution in [3.8, 4) is 0 Å². The first-order valence-corrected chi connectivity index (χ1v) is 5.65. The number of carbonyl (C=O) groups excluding carboxylic acids is 1. The number of amides is 1. The second-order valence-corrected chi connectivity index (χ2v) is 4.74. The number of carbonyl (C=O) groups is 2. The van der Waals surface area contributed by atoms with E-state index in [1.807, 2.05) is 0 Å². The summed E-state index contributed by atoms with van der Waals surface area (Å²) in [6.45, 7) is 1.10. The molecule has 7 nitrogen and oxygen atoms in total. The Bertz CT molecular complexity index is 476. The van der Waals surface area contributed by atoms with Crippen molar-refractivity contribution in [2.45, 2.75) is 12.0 Å². The van der Waals surface area contributed by atoms with Gasteiger partial charge in [-0.3, -0.25) is 14.3 Å². The number of rotatable bonds is 4. The molecule has 0 bridgehead atoms. The van der Waals surface area contributed by atoms with Crippen LogP contribution in [0.5, 0.6) is 0 Å². The number of aromatic nitrogens is 2. The molecule has 1 amide bonds. The van der Waals surface area contributed by atoms with Crippen LogP contribution in [0, 0.1) is 0 Å². The normalized spacial score (nSPS) is 17.0. The molecular weight excluding hydrogens is 236 g/mol. The fourth-order valence-electron chi connectivity index (χ4n) is 1.99. The standard InChI is InChI=1S/C11H16N4O3/c1-14(2)10(18)8-3-4-15(13-8)11(5-9(16)17)6-12-7-11/h3-4,12H,5-7H2,1-2H3,(H,16,17). The summed E-state index contributed by atoms with van der Waals surface area (Å²) in [4.78, 5) is 24.1. The summed E-state index contributed by atoms with van der Waals surface area (Å²) in [6.07, 6.45) is 1.66. The number of hydrogen-bond donors (Lipinski definition) is 2. The van der Waals surface area contributed by atoms with E-state index in [-0.39, 0.29) is 12.3 Å².